The number of alkyl halides is 3. The van der Waals surface area contributed by atoms with Gasteiger partial charge in [-0.2, -0.15) is 13.2 Å². The lowest BCUT2D eigenvalue weighted by atomic mass is 10.1. The van der Waals surface area contributed by atoms with E-state index in [4.69, 9.17) is 0 Å². The van der Waals surface area contributed by atoms with Crippen LogP contribution in [0.25, 0.3) is 0 Å². The first-order chi connectivity index (χ1) is 17.6. The predicted octanol–water partition coefficient (Wildman–Crippen LogP) is 7.13. The van der Waals surface area contributed by atoms with Gasteiger partial charge in [0.2, 0.25) is 0 Å². The van der Waals surface area contributed by atoms with E-state index in [-0.39, 0.29) is 11.3 Å². The molecule has 0 spiro atoms. The molecule has 3 aromatic carbocycles. The van der Waals surface area contributed by atoms with E-state index in [1.165, 1.54) is 47.5 Å². The maximum atomic E-state index is 13.1. The maximum absolute atomic E-state index is 13.1. The van der Waals surface area contributed by atoms with Crippen LogP contribution in [0.2, 0.25) is 0 Å². The van der Waals surface area contributed by atoms with Gasteiger partial charge in [-0.25, -0.2) is 9.18 Å². The first-order valence-corrected chi connectivity index (χ1v) is 11.5. The summed E-state index contributed by atoms with van der Waals surface area (Å²) in [7, 11) is 0. The van der Waals surface area contributed by atoms with Crippen LogP contribution in [0.3, 0.4) is 0 Å². The number of urea groups is 1. The molecule has 1 unspecified atom stereocenters. The normalized spacial score (nSPS) is 12.3. The largest absolute Gasteiger partial charge is 0.416 e. The Labute approximate surface area is 212 Å². The number of halogens is 4. The fraction of sp³-hybridized carbons (Fsp3) is 0.222. The van der Waals surface area contributed by atoms with Crippen molar-refractivity contribution in [3.63, 3.8) is 0 Å². The van der Waals surface area contributed by atoms with Gasteiger partial charge in [0.15, 0.2) is 0 Å². The average Bonchev–Trinajstić information content (AvgIpc) is 2.87. The van der Waals surface area contributed by atoms with Crippen LogP contribution in [0.5, 0.6) is 0 Å². The monoisotopic (exact) mass is 514 g/mol. The number of amides is 3. The predicted molar refractivity (Wildman–Crippen MR) is 136 cm³/mol. The molecule has 0 aliphatic rings. The van der Waals surface area contributed by atoms with Gasteiger partial charge < -0.3 is 15.5 Å². The molecule has 10 heteroatoms. The van der Waals surface area contributed by atoms with Gasteiger partial charge in [-0.1, -0.05) is 25.1 Å². The second-order valence-electron chi connectivity index (χ2n) is 8.20. The number of nitrogens with one attached hydrogen (secondary N) is 2. The lowest BCUT2D eigenvalue weighted by Crippen LogP contribution is -2.42. The molecule has 3 aromatic rings. The molecular weight excluding hydrogens is 488 g/mol. The molecule has 3 amide bonds. The number of nitrogens with zero attached hydrogens (tertiary/aromatic N) is 2. The number of para-hydroxylation sites is 1. The van der Waals surface area contributed by atoms with Crippen molar-refractivity contribution in [3.05, 3.63) is 89.7 Å². The lowest BCUT2D eigenvalue weighted by Gasteiger charge is -2.27. The highest BCUT2D eigenvalue weighted by molar-refractivity contribution is 6.08. The van der Waals surface area contributed by atoms with Gasteiger partial charge in [0.25, 0.3) is 5.91 Å². The van der Waals surface area contributed by atoms with Crippen LogP contribution in [0, 0.1) is 5.82 Å². The van der Waals surface area contributed by atoms with Gasteiger partial charge in [-0.15, -0.1) is 0 Å². The van der Waals surface area contributed by atoms with E-state index in [9.17, 15) is 27.2 Å². The number of carbonyl (C=O) groups is 2. The molecule has 1 atom stereocenters. The van der Waals surface area contributed by atoms with Crippen molar-refractivity contribution in [2.24, 2.45) is 4.99 Å². The second-order valence-corrected chi connectivity index (χ2v) is 8.20. The molecule has 2 N–H and O–H groups in total. The van der Waals surface area contributed by atoms with E-state index in [1.807, 2.05) is 6.92 Å². The molecule has 0 aliphatic carbocycles. The summed E-state index contributed by atoms with van der Waals surface area (Å²) in [5.41, 5.74) is 0.193. The summed E-state index contributed by atoms with van der Waals surface area (Å²) < 4.78 is 52.2. The minimum atomic E-state index is -4.53. The average molecular weight is 515 g/mol. The molecule has 3 rings (SSSR count). The highest BCUT2D eigenvalue weighted by Gasteiger charge is 2.30. The van der Waals surface area contributed by atoms with E-state index in [1.54, 1.807) is 31.2 Å². The Morgan fingerprint density at radius 3 is 2.35 bits per heavy atom. The lowest BCUT2D eigenvalue weighted by molar-refractivity contribution is -0.137. The van der Waals surface area contributed by atoms with Crippen LogP contribution in [0.4, 0.5) is 39.4 Å². The fourth-order valence-electron chi connectivity index (χ4n) is 3.48. The Morgan fingerprint density at radius 1 is 0.973 bits per heavy atom. The van der Waals surface area contributed by atoms with Crippen LogP contribution in [-0.2, 0) is 6.18 Å². The first-order valence-electron chi connectivity index (χ1n) is 11.5. The molecule has 0 aromatic heterocycles. The van der Waals surface area contributed by atoms with E-state index >= 15 is 0 Å². The summed E-state index contributed by atoms with van der Waals surface area (Å²) >= 11 is 0. The minimum absolute atomic E-state index is 0.0212. The van der Waals surface area contributed by atoms with Crippen molar-refractivity contribution in [1.82, 2.24) is 4.90 Å². The second kappa shape index (κ2) is 12.2. The van der Waals surface area contributed by atoms with Gasteiger partial charge in [0, 0.05) is 24.1 Å². The van der Waals surface area contributed by atoms with E-state index in [0.29, 0.717) is 24.3 Å². The van der Waals surface area contributed by atoms with Crippen LogP contribution < -0.4 is 10.6 Å². The zero-order valence-corrected chi connectivity index (χ0v) is 20.2. The molecular formula is C27H26F4N4O2. The molecule has 0 heterocycles. The maximum Gasteiger partial charge on any atom is 0.416 e. The van der Waals surface area contributed by atoms with Gasteiger partial charge in [0.05, 0.1) is 22.9 Å². The Bertz CT molecular complexity index is 1260. The SMILES string of the molecule is CCCN(C(=O)Nc1cccc(C(F)(F)F)c1)C(C)/C=N/c1ccccc1C(=O)Nc1ccc(F)cc1. The molecule has 0 saturated heterocycles. The topological polar surface area (TPSA) is 73.8 Å². The Kier molecular flexibility index (Phi) is 9.00. The van der Waals surface area contributed by atoms with Crippen molar-refractivity contribution >= 4 is 35.2 Å². The van der Waals surface area contributed by atoms with Crippen molar-refractivity contribution in [3.8, 4) is 0 Å². The summed E-state index contributed by atoms with van der Waals surface area (Å²) in [6.07, 6.45) is -2.43. The first kappa shape index (κ1) is 27.4. The Balaban J connectivity index is 1.75. The molecule has 0 saturated carbocycles. The van der Waals surface area contributed by atoms with Crippen LogP contribution in [0.1, 0.15) is 36.2 Å². The Morgan fingerprint density at radius 2 is 1.68 bits per heavy atom. The molecule has 0 fully saturated rings. The van der Waals surface area contributed by atoms with E-state index < -0.39 is 35.5 Å². The highest BCUT2D eigenvalue weighted by atomic mass is 19.4. The third-order valence-corrected chi connectivity index (χ3v) is 5.34. The third kappa shape index (κ3) is 7.63. The summed E-state index contributed by atoms with van der Waals surface area (Å²) in [5.74, 6) is -0.870. The smallest absolute Gasteiger partial charge is 0.322 e. The van der Waals surface area contributed by atoms with Crippen molar-refractivity contribution in [1.29, 1.82) is 0 Å². The number of carbonyl (C=O) groups excluding carboxylic acids is 2. The van der Waals surface area contributed by atoms with Crippen molar-refractivity contribution in [2.75, 3.05) is 17.2 Å². The van der Waals surface area contributed by atoms with Crippen molar-refractivity contribution < 1.29 is 27.2 Å². The number of hydrogen-bond acceptors (Lipinski definition) is 3. The van der Waals surface area contributed by atoms with E-state index in [2.05, 4.69) is 15.6 Å². The number of benzene rings is 3. The Hall–Kier alpha value is -4.21. The molecule has 0 bridgehead atoms. The molecule has 0 aliphatic heterocycles. The number of hydrogen-bond donors (Lipinski definition) is 2. The zero-order valence-electron chi connectivity index (χ0n) is 20.2. The minimum Gasteiger partial charge on any atom is -0.322 e. The van der Waals surface area contributed by atoms with Gasteiger partial charge >= 0.3 is 12.2 Å². The van der Waals surface area contributed by atoms with Gasteiger partial charge in [0.1, 0.15) is 5.82 Å². The third-order valence-electron chi connectivity index (χ3n) is 5.34. The number of rotatable bonds is 8. The summed E-state index contributed by atoms with van der Waals surface area (Å²) in [6.45, 7) is 3.90. The highest BCUT2D eigenvalue weighted by Crippen LogP contribution is 2.30. The quantitative estimate of drug-likeness (QED) is 0.248. The number of anilines is 2. The molecule has 6 nitrogen and oxygen atoms in total. The molecule has 0 radical (unpaired) electrons. The summed E-state index contributed by atoms with van der Waals surface area (Å²) in [5, 5.41) is 5.20. The standard InChI is InChI=1S/C27H26F4N4O2/c1-3-15-35(26(37)34-22-8-6-7-19(16-22)27(29,30)31)18(2)17-32-24-10-5-4-9-23(24)25(36)33-21-13-11-20(28)12-14-21/h4-14,16-18H,3,15H2,1-2H3,(H,33,36)(H,34,37)/b32-17+. The molecule has 194 valence electrons. The van der Waals surface area contributed by atoms with E-state index in [0.717, 1.165) is 12.1 Å². The zero-order chi connectivity index (χ0) is 27.0. The van der Waals surface area contributed by atoms with Crippen LogP contribution in [0.15, 0.2) is 77.8 Å². The van der Waals surface area contributed by atoms with Gasteiger partial charge in [-0.3, -0.25) is 9.79 Å². The fourth-order valence-corrected chi connectivity index (χ4v) is 3.48. The summed E-state index contributed by atoms with van der Waals surface area (Å²) in [4.78, 5) is 31.5. The van der Waals surface area contributed by atoms with Crippen LogP contribution >= 0.6 is 0 Å². The van der Waals surface area contributed by atoms with Gasteiger partial charge in [-0.05, 0) is 67.9 Å². The summed E-state index contributed by atoms with van der Waals surface area (Å²) in [6, 6.07) is 15.2. The number of aliphatic imine (C=N–C) groups is 1. The molecule has 37 heavy (non-hydrogen) atoms. The van der Waals surface area contributed by atoms with Crippen LogP contribution in [-0.4, -0.2) is 35.6 Å². The van der Waals surface area contributed by atoms with Crippen molar-refractivity contribution in [2.45, 2.75) is 32.5 Å².